The second kappa shape index (κ2) is 6.73. The summed E-state index contributed by atoms with van der Waals surface area (Å²) < 4.78 is 0. The lowest BCUT2D eigenvalue weighted by molar-refractivity contribution is -0.124. The Morgan fingerprint density at radius 1 is 1.40 bits per heavy atom. The van der Waals surface area contributed by atoms with Crippen LogP contribution < -0.4 is 16.4 Å². The molecule has 0 bridgehead atoms. The lowest BCUT2D eigenvalue weighted by Crippen LogP contribution is -2.50. The van der Waals surface area contributed by atoms with Crippen molar-refractivity contribution < 1.29 is 9.59 Å². The molecule has 0 aliphatic carbocycles. The molecule has 1 aliphatic heterocycles. The number of hydrogen-bond acceptors (Lipinski definition) is 3. The quantitative estimate of drug-likeness (QED) is 0.662. The first-order valence-corrected chi connectivity index (χ1v) is 6.58. The number of benzene rings is 1. The van der Waals surface area contributed by atoms with Gasteiger partial charge in [0, 0.05) is 17.7 Å². The van der Waals surface area contributed by atoms with Crippen LogP contribution in [-0.4, -0.2) is 30.9 Å². The summed E-state index contributed by atoms with van der Waals surface area (Å²) in [6.07, 6.45) is 1.56. The predicted molar refractivity (Wildman–Crippen MR) is 75.9 cm³/mol. The second-order valence-electron chi connectivity index (χ2n) is 4.54. The van der Waals surface area contributed by atoms with E-state index in [1.807, 2.05) is 0 Å². The standard InChI is InChI=1S/C15H17N3O2/c16-9-1-3-11-5-7-12(8-6-11)14(19)18-13-4-2-10-17-15(13)20/h5-8,13H,2,4,9-10,16H2,(H,17,20)(H,18,19). The minimum atomic E-state index is -0.437. The topological polar surface area (TPSA) is 84.2 Å². The van der Waals surface area contributed by atoms with Gasteiger partial charge in [0.15, 0.2) is 0 Å². The molecule has 1 aromatic rings. The maximum absolute atomic E-state index is 12.0. The Kier molecular flexibility index (Phi) is 4.75. The van der Waals surface area contributed by atoms with E-state index < -0.39 is 6.04 Å². The molecule has 1 unspecified atom stereocenters. The Labute approximate surface area is 117 Å². The van der Waals surface area contributed by atoms with Gasteiger partial charge >= 0.3 is 0 Å². The van der Waals surface area contributed by atoms with Gasteiger partial charge < -0.3 is 16.4 Å². The largest absolute Gasteiger partial charge is 0.354 e. The Balaban J connectivity index is 2.00. The second-order valence-corrected chi connectivity index (χ2v) is 4.54. The summed E-state index contributed by atoms with van der Waals surface area (Å²) in [5.41, 5.74) is 6.62. The first-order valence-electron chi connectivity index (χ1n) is 6.58. The van der Waals surface area contributed by atoms with Gasteiger partial charge in [-0.05, 0) is 37.1 Å². The first-order chi connectivity index (χ1) is 9.70. The molecule has 0 saturated carbocycles. The molecule has 104 valence electrons. The number of rotatable bonds is 2. The minimum Gasteiger partial charge on any atom is -0.354 e. The van der Waals surface area contributed by atoms with Crippen LogP contribution in [0.15, 0.2) is 24.3 Å². The van der Waals surface area contributed by atoms with Crippen molar-refractivity contribution in [3.8, 4) is 11.8 Å². The first kappa shape index (κ1) is 14.1. The molecule has 1 saturated heterocycles. The summed E-state index contributed by atoms with van der Waals surface area (Å²) >= 11 is 0. The summed E-state index contributed by atoms with van der Waals surface area (Å²) in [5.74, 6) is 5.28. The number of hydrogen-bond donors (Lipinski definition) is 3. The van der Waals surface area contributed by atoms with Crippen molar-refractivity contribution in [2.24, 2.45) is 5.73 Å². The molecule has 2 amide bonds. The molecule has 1 heterocycles. The van der Waals surface area contributed by atoms with Gasteiger partial charge in [-0.2, -0.15) is 0 Å². The predicted octanol–water partition coefficient (Wildman–Crippen LogP) is 0.00520. The summed E-state index contributed by atoms with van der Waals surface area (Å²) in [6, 6.07) is 6.47. The molecular formula is C15H17N3O2. The van der Waals surface area contributed by atoms with E-state index in [1.54, 1.807) is 24.3 Å². The molecule has 1 aliphatic rings. The van der Waals surface area contributed by atoms with Crippen LogP contribution in [0.2, 0.25) is 0 Å². The molecule has 1 fully saturated rings. The van der Waals surface area contributed by atoms with Crippen molar-refractivity contribution in [2.75, 3.05) is 13.1 Å². The zero-order valence-corrected chi connectivity index (χ0v) is 11.1. The van der Waals surface area contributed by atoms with Gasteiger partial charge in [-0.25, -0.2) is 0 Å². The molecule has 0 radical (unpaired) electrons. The third kappa shape index (κ3) is 3.59. The van der Waals surface area contributed by atoms with Crippen molar-refractivity contribution in [3.63, 3.8) is 0 Å². The lowest BCUT2D eigenvalue weighted by atomic mass is 10.1. The van der Waals surface area contributed by atoms with Gasteiger partial charge in [-0.15, -0.1) is 0 Å². The van der Waals surface area contributed by atoms with E-state index >= 15 is 0 Å². The molecule has 2 rings (SSSR count). The Hall–Kier alpha value is -2.32. The molecule has 1 atom stereocenters. The van der Waals surface area contributed by atoms with E-state index in [0.717, 1.165) is 12.0 Å². The van der Waals surface area contributed by atoms with E-state index in [1.165, 1.54) is 0 Å². The van der Waals surface area contributed by atoms with Gasteiger partial charge in [0.1, 0.15) is 6.04 Å². The molecule has 5 nitrogen and oxygen atoms in total. The summed E-state index contributed by atoms with van der Waals surface area (Å²) in [6.45, 7) is 0.985. The molecule has 0 aromatic heterocycles. The monoisotopic (exact) mass is 271 g/mol. The highest BCUT2D eigenvalue weighted by Gasteiger charge is 2.23. The number of carbonyl (C=O) groups is 2. The maximum Gasteiger partial charge on any atom is 0.251 e. The summed E-state index contributed by atoms with van der Waals surface area (Å²) in [5, 5.41) is 5.48. The van der Waals surface area contributed by atoms with E-state index in [0.29, 0.717) is 25.1 Å². The fourth-order valence-electron chi connectivity index (χ4n) is 2.01. The minimum absolute atomic E-state index is 0.116. The fraction of sp³-hybridized carbons (Fsp3) is 0.333. The van der Waals surface area contributed by atoms with Crippen LogP contribution in [0.1, 0.15) is 28.8 Å². The van der Waals surface area contributed by atoms with Crippen LogP contribution >= 0.6 is 0 Å². The SMILES string of the molecule is NCC#Cc1ccc(C(=O)NC2CCCNC2=O)cc1. The van der Waals surface area contributed by atoms with Crippen LogP contribution in [0.5, 0.6) is 0 Å². The zero-order valence-electron chi connectivity index (χ0n) is 11.1. The molecule has 1 aromatic carbocycles. The van der Waals surface area contributed by atoms with Crippen LogP contribution in [0.4, 0.5) is 0 Å². The van der Waals surface area contributed by atoms with Gasteiger partial charge in [0.25, 0.3) is 5.91 Å². The van der Waals surface area contributed by atoms with Gasteiger partial charge in [0.2, 0.25) is 5.91 Å². The molecule has 0 spiro atoms. The number of nitrogens with one attached hydrogen (secondary N) is 2. The van der Waals surface area contributed by atoms with Crippen molar-refractivity contribution >= 4 is 11.8 Å². The highest BCUT2D eigenvalue weighted by molar-refractivity contribution is 5.97. The highest BCUT2D eigenvalue weighted by Crippen LogP contribution is 2.07. The van der Waals surface area contributed by atoms with Gasteiger partial charge in [-0.1, -0.05) is 11.8 Å². The van der Waals surface area contributed by atoms with Gasteiger partial charge in [-0.3, -0.25) is 9.59 Å². The molecular weight excluding hydrogens is 254 g/mol. The Morgan fingerprint density at radius 2 is 2.15 bits per heavy atom. The summed E-state index contributed by atoms with van der Waals surface area (Å²) in [7, 11) is 0. The smallest absolute Gasteiger partial charge is 0.251 e. The van der Waals surface area contributed by atoms with Crippen molar-refractivity contribution in [1.29, 1.82) is 0 Å². The molecule has 5 heteroatoms. The van der Waals surface area contributed by atoms with Crippen LogP contribution in [0.3, 0.4) is 0 Å². The average Bonchev–Trinajstić information content (AvgIpc) is 2.48. The van der Waals surface area contributed by atoms with Crippen molar-refractivity contribution in [2.45, 2.75) is 18.9 Å². The molecule has 20 heavy (non-hydrogen) atoms. The third-order valence-electron chi connectivity index (χ3n) is 3.07. The van der Waals surface area contributed by atoms with E-state index in [4.69, 9.17) is 5.73 Å². The van der Waals surface area contributed by atoms with E-state index in [2.05, 4.69) is 22.5 Å². The Bertz CT molecular complexity index is 555. The van der Waals surface area contributed by atoms with E-state index in [-0.39, 0.29) is 11.8 Å². The van der Waals surface area contributed by atoms with E-state index in [9.17, 15) is 9.59 Å². The van der Waals surface area contributed by atoms with Crippen molar-refractivity contribution in [1.82, 2.24) is 10.6 Å². The number of piperidine rings is 1. The van der Waals surface area contributed by atoms with Crippen molar-refractivity contribution in [3.05, 3.63) is 35.4 Å². The molecule has 4 N–H and O–H groups in total. The maximum atomic E-state index is 12.0. The normalized spacial score (nSPS) is 17.6. The van der Waals surface area contributed by atoms with Crippen LogP contribution in [-0.2, 0) is 4.79 Å². The van der Waals surface area contributed by atoms with Gasteiger partial charge in [0.05, 0.1) is 6.54 Å². The number of carbonyl (C=O) groups excluding carboxylic acids is 2. The van der Waals surface area contributed by atoms with Crippen LogP contribution in [0.25, 0.3) is 0 Å². The zero-order chi connectivity index (χ0) is 14.4. The lowest BCUT2D eigenvalue weighted by Gasteiger charge is -2.22. The Morgan fingerprint density at radius 3 is 2.80 bits per heavy atom. The third-order valence-corrected chi connectivity index (χ3v) is 3.07. The number of amides is 2. The van der Waals surface area contributed by atoms with Crippen LogP contribution in [0, 0.1) is 11.8 Å². The average molecular weight is 271 g/mol. The number of nitrogens with two attached hydrogens (primary N) is 1. The fourth-order valence-corrected chi connectivity index (χ4v) is 2.01. The highest BCUT2D eigenvalue weighted by atomic mass is 16.2. The summed E-state index contributed by atoms with van der Waals surface area (Å²) in [4.78, 5) is 23.6.